The second kappa shape index (κ2) is 6.99. The molecule has 2 N–H and O–H groups in total. The van der Waals surface area contributed by atoms with Crippen LogP contribution in [0.1, 0.15) is 5.56 Å². The highest BCUT2D eigenvalue weighted by molar-refractivity contribution is 7.63. The molecular weight excluding hydrogens is 247 g/mol. The van der Waals surface area contributed by atoms with Crippen LogP contribution in [0.4, 0.5) is 0 Å². The van der Waals surface area contributed by atoms with Crippen molar-refractivity contribution in [1.82, 2.24) is 0 Å². The number of hydrogen-bond acceptors (Lipinski definition) is 3. The topological polar surface area (TPSA) is 49.7 Å². The first kappa shape index (κ1) is 12.7. The Morgan fingerprint density at radius 3 is 2.19 bits per heavy atom. The lowest BCUT2D eigenvalue weighted by molar-refractivity contribution is 0.351. The third-order valence-corrected chi connectivity index (χ3v) is 2.82. The van der Waals surface area contributed by atoms with Gasteiger partial charge in [0, 0.05) is 16.3 Å². The van der Waals surface area contributed by atoms with Gasteiger partial charge in [0.2, 0.25) is 0 Å². The van der Waals surface area contributed by atoms with E-state index in [1.165, 1.54) is 0 Å². The lowest BCUT2D eigenvalue weighted by Crippen LogP contribution is -1.86. The van der Waals surface area contributed by atoms with E-state index in [1.54, 1.807) is 24.3 Å². The summed E-state index contributed by atoms with van der Waals surface area (Å²) >= 11 is 5.73. The van der Waals surface area contributed by atoms with Crippen molar-refractivity contribution in [3.8, 4) is 23.5 Å². The van der Waals surface area contributed by atoms with Gasteiger partial charge in [-0.15, -0.1) is 0 Å². The fraction of sp³-hybridized carbons (Fsp3) is 0.0909. The van der Waals surface area contributed by atoms with Gasteiger partial charge in [-0.1, -0.05) is 23.7 Å². The first-order valence-electron chi connectivity index (χ1n) is 4.23. The molecule has 0 heterocycles. The first-order valence-corrected chi connectivity index (χ1v) is 5.87. The van der Waals surface area contributed by atoms with E-state index in [2.05, 4.69) is 11.3 Å². The molecule has 1 aromatic carbocycles. The Labute approximate surface area is 99.8 Å². The SMILES string of the molecule is OC#CP(C#CO)OCc1ccc(Cl)cc1. The van der Waals surface area contributed by atoms with Gasteiger partial charge in [0.1, 0.15) is 12.2 Å². The standard InChI is InChI=1S/C11H8ClO3P/c12-11-3-1-10(2-4-11)9-15-16(7-5-13)8-6-14/h1-4,13-14H,9H2. The van der Waals surface area contributed by atoms with Crippen LogP contribution in [0.15, 0.2) is 24.3 Å². The van der Waals surface area contributed by atoms with Gasteiger partial charge in [0.05, 0.1) is 6.61 Å². The van der Waals surface area contributed by atoms with Gasteiger partial charge < -0.3 is 14.7 Å². The lowest BCUT2D eigenvalue weighted by atomic mass is 10.2. The Bertz CT molecular complexity index is 430. The van der Waals surface area contributed by atoms with Crippen molar-refractivity contribution in [2.24, 2.45) is 0 Å². The Balaban J connectivity index is 2.56. The molecule has 0 amide bonds. The van der Waals surface area contributed by atoms with Crippen LogP contribution in [-0.4, -0.2) is 10.2 Å². The molecule has 0 radical (unpaired) electrons. The van der Waals surface area contributed by atoms with Crippen LogP contribution in [0, 0.1) is 23.5 Å². The minimum atomic E-state index is -1.45. The van der Waals surface area contributed by atoms with E-state index in [1.807, 2.05) is 12.1 Å². The highest BCUT2D eigenvalue weighted by Crippen LogP contribution is 2.34. The summed E-state index contributed by atoms with van der Waals surface area (Å²) in [5, 5.41) is 17.5. The fourth-order valence-corrected chi connectivity index (χ4v) is 1.67. The molecule has 0 saturated heterocycles. The van der Waals surface area contributed by atoms with Crippen molar-refractivity contribution in [1.29, 1.82) is 0 Å². The Morgan fingerprint density at radius 2 is 1.69 bits per heavy atom. The zero-order chi connectivity index (χ0) is 11.8. The highest BCUT2D eigenvalue weighted by atomic mass is 35.5. The number of halogens is 1. The van der Waals surface area contributed by atoms with Crippen LogP contribution in [0.3, 0.4) is 0 Å². The molecule has 1 aromatic rings. The van der Waals surface area contributed by atoms with Crippen molar-refractivity contribution in [2.75, 3.05) is 0 Å². The van der Waals surface area contributed by atoms with Gasteiger partial charge >= 0.3 is 0 Å². The van der Waals surface area contributed by atoms with Crippen molar-refractivity contribution in [3.63, 3.8) is 0 Å². The molecule has 0 bridgehead atoms. The summed E-state index contributed by atoms with van der Waals surface area (Å²) in [5.74, 6) is 0. The lowest BCUT2D eigenvalue weighted by Gasteiger charge is -2.04. The van der Waals surface area contributed by atoms with Crippen LogP contribution in [-0.2, 0) is 11.1 Å². The summed E-state index contributed by atoms with van der Waals surface area (Å²) in [6, 6.07) is 7.12. The predicted molar refractivity (Wildman–Crippen MR) is 62.6 cm³/mol. The van der Waals surface area contributed by atoms with Gasteiger partial charge in [-0.3, -0.25) is 0 Å². The summed E-state index contributed by atoms with van der Waals surface area (Å²) in [4.78, 5) is 0. The molecule has 0 unspecified atom stereocenters. The summed E-state index contributed by atoms with van der Waals surface area (Å²) < 4.78 is 5.30. The Morgan fingerprint density at radius 1 is 1.12 bits per heavy atom. The van der Waals surface area contributed by atoms with E-state index in [0.29, 0.717) is 11.6 Å². The minimum absolute atomic E-state index is 0.298. The summed E-state index contributed by atoms with van der Waals surface area (Å²) in [5.41, 5.74) is 5.62. The molecule has 16 heavy (non-hydrogen) atoms. The average Bonchev–Trinajstić information content (AvgIpc) is 2.29. The van der Waals surface area contributed by atoms with E-state index >= 15 is 0 Å². The van der Waals surface area contributed by atoms with E-state index < -0.39 is 8.15 Å². The molecular formula is C11H8ClO3P. The van der Waals surface area contributed by atoms with Gasteiger partial charge in [0.15, 0.2) is 8.15 Å². The molecule has 3 nitrogen and oxygen atoms in total. The van der Waals surface area contributed by atoms with Gasteiger partial charge in [-0.2, -0.15) is 0 Å². The highest BCUT2D eigenvalue weighted by Gasteiger charge is 2.03. The molecule has 0 saturated carbocycles. The number of benzene rings is 1. The van der Waals surface area contributed by atoms with Crippen LogP contribution in [0.2, 0.25) is 5.02 Å². The maximum Gasteiger partial charge on any atom is 0.195 e. The molecule has 5 heteroatoms. The van der Waals surface area contributed by atoms with Crippen molar-refractivity contribution in [3.05, 3.63) is 34.9 Å². The maximum absolute atomic E-state index is 8.41. The van der Waals surface area contributed by atoms with Crippen molar-refractivity contribution >= 4 is 19.7 Å². The van der Waals surface area contributed by atoms with E-state index in [9.17, 15) is 0 Å². The summed E-state index contributed by atoms with van der Waals surface area (Å²) in [6.45, 7) is 0.298. The smallest absolute Gasteiger partial charge is 0.195 e. The molecule has 0 fully saturated rings. The van der Waals surface area contributed by atoms with Gasteiger partial charge in [-0.05, 0) is 17.7 Å². The molecule has 82 valence electrons. The molecule has 1 rings (SSSR count). The molecule has 0 spiro atoms. The van der Waals surface area contributed by atoms with E-state index in [4.69, 9.17) is 26.3 Å². The number of aliphatic hydroxyl groups excluding tert-OH is 2. The third kappa shape index (κ3) is 4.43. The van der Waals surface area contributed by atoms with Crippen LogP contribution < -0.4 is 0 Å². The molecule has 0 aliphatic heterocycles. The monoisotopic (exact) mass is 254 g/mol. The quantitative estimate of drug-likeness (QED) is 0.644. The Hall–Kier alpha value is -1.38. The van der Waals surface area contributed by atoms with E-state index in [-0.39, 0.29) is 0 Å². The molecule has 0 aromatic heterocycles. The number of rotatable bonds is 3. The zero-order valence-corrected chi connectivity index (χ0v) is 9.79. The van der Waals surface area contributed by atoms with Crippen LogP contribution >= 0.6 is 19.7 Å². The second-order valence-electron chi connectivity index (χ2n) is 2.64. The minimum Gasteiger partial charge on any atom is -0.462 e. The Kier molecular flexibility index (Phi) is 5.54. The summed E-state index contributed by atoms with van der Waals surface area (Å²) in [6.07, 6.45) is 3.43. The predicted octanol–water partition coefficient (Wildman–Crippen LogP) is 2.84. The largest absolute Gasteiger partial charge is 0.462 e. The number of hydrogen-bond donors (Lipinski definition) is 2. The second-order valence-corrected chi connectivity index (χ2v) is 4.37. The van der Waals surface area contributed by atoms with E-state index in [0.717, 1.165) is 5.56 Å². The maximum atomic E-state index is 8.41. The molecule has 0 atom stereocenters. The molecule has 0 aliphatic rings. The van der Waals surface area contributed by atoms with Crippen LogP contribution in [0.5, 0.6) is 0 Å². The molecule has 0 aliphatic carbocycles. The van der Waals surface area contributed by atoms with Crippen molar-refractivity contribution < 1.29 is 14.7 Å². The normalized spacial score (nSPS) is 8.88. The zero-order valence-electron chi connectivity index (χ0n) is 8.14. The summed E-state index contributed by atoms with van der Waals surface area (Å²) in [7, 11) is -1.45. The fourth-order valence-electron chi connectivity index (χ4n) is 0.903. The van der Waals surface area contributed by atoms with Gasteiger partial charge in [-0.25, -0.2) is 0 Å². The number of aliphatic hydroxyl groups is 2. The van der Waals surface area contributed by atoms with Gasteiger partial charge in [0.25, 0.3) is 0 Å². The average molecular weight is 255 g/mol. The van der Waals surface area contributed by atoms with Crippen molar-refractivity contribution in [2.45, 2.75) is 6.61 Å². The first-order chi connectivity index (χ1) is 7.76. The third-order valence-electron chi connectivity index (χ3n) is 1.58. The van der Waals surface area contributed by atoms with Crippen LogP contribution in [0.25, 0.3) is 0 Å².